The van der Waals surface area contributed by atoms with Crippen LogP contribution < -0.4 is 0 Å². The first-order chi connectivity index (χ1) is 10.5. The van der Waals surface area contributed by atoms with Gasteiger partial charge in [-0.15, -0.1) is 0 Å². The summed E-state index contributed by atoms with van der Waals surface area (Å²) in [6, 6.07) is 14.0. The van der Waals surface area contributed by atoms with Crippen LogP contribution in [0.3, 0.4) is 0 Å². The smallest absolute Gasteiger partial charge is 0.226 e. The highest BCUT2D eigenvalue weighted by molar-refractivity contribution is 9.10. The Labute approximate surface area is 136 Å². The molecule has 0 saturated heterocycles. The van der Waals surface area contributed by atoms with Gasteiger partial charge in [-0.25, -0.2) is 13.4 Å². The summed E-state index contributed by atoms with van der Waals surface area (Å²) in [5.41, 5.74) is 1.78. The fourth-order valence-electron chi connectivity index (χ4n) is 2.14. The maximum Gasteiger partial charge on any atom is 0.226 e. The van der Waals surface area contributed by atoms with Crippen molar-refractivity contribution in [2.45, 2.75) is 11.3 Å². The molecule has 0 aliphatic carbocycles. The molecular weight excluding hydrogens is 368 g/mol. The number of rotatable bonds is 4. The normalized spacial score (nSPS) is 13.4. The van der Waals surface area contributed by atoms with Crippen LogP contribution in [0.15, 0.2) is 58.2 Å². The second kappa shape index (κ2) is 5.83. The number of nitrogens with one attached hydrogen (secondary N) is 1. The fourth-order valence-corrected chi connectivity index (χ4v) is 3.68. The molecule has 3 aromatic rings. The minimum absolute atomic E-state index is 0.120. The predicted molar refractivity (Wildman–Crippen MR) is 87.2 cm³/mol. The molecular formula is C15H13BrN2O3S. The number of H-pyrrole nitrogens is 1. The Kier molecular flexibility index (Phi) is 4.03. The van der Waals surface area contributed by atoms with E-state index in [4.69, 9.17) is 0 Å². The number of imidazole rings is 1. The van der Waals surface area contributed by atoms with Gasteiger partial charge in [0, 0.05) is 4.47 Å². The number of nitrogens with zero attached hydrogens (tertiary/aromatic N) is 1. The second-order valence-electron chi connectivity index (χ2n) is 4.91. The lowest BCUT2D eigenvalue weighted by Gasteiger charge is -2.10. The van der Waals surface area contributed by atoms with E-state index in [1.807, 2.05) is 0 Å². The number of sulfone groups is 1. The number of aliphatic hydroxyl groups is 1. The van der Waals surface area contributed by atoms with E-state index < -0.39 is 21.7 Å². The van der Waals surface area contributed by atoms with Crippen molar-refractivity contribution in [3.63, 3.8) is 0 Å². The van der Waals surface area contributed by atoms with Crippen molar-refractivity contribution in [2.24, 2.45) is 0 Å². The van der Waals surface area contributed by atoms with Gasteiger partial charge < -0.3 is 10.1 Å². The summed E-state index contributed by atoms with van der Waals surface area (Å²) >= 11 is 3.30. The number of halogens is 1. The molecule has 0 aliphatic rings. The van der Waals surface area contributed by atoms with Crippen molar-refractivity contribution in [1.82, 2.24) is 9.97 Å². The van der Waals surface area contributed by atoms with E-state index >= 15 is 0 Å². The molecule has 2 aromatic carbocycles. The Hall–Kier alpha value is -1.70. The summed E-state index contributed by atoms with van der Waals surface area (Å²) in [4.78, 5) is 6.87. The van der Waals surface area contributed by atoms with Crippen LogP contribution in [0.5, 0.6) is 0 Å². The zero-order valence-electron chi connectivity index (χ0n) is 11.4. The third-order valence-electron chi connectivity index (χ3n) is 3.29. The second-order valence-corrected chi connectivity index (χ2v) is 7.77. The molecule has 0 fully saturated rings. The molecule has 0 amide bonds. The number of hydrogen-bond acceptors (Lipinski definition) is 4. The summed E-state index contributed by atoms with van der Waals surface area (Å²) in [5, 5.41) is 10.0. The van der Waals surface area contributed by atoms with E-state index in [1.165, 1.54) is 0 Å². The molecule has 7 heteroatoms. The van der Waals surface area contributed by atoms with Crippen LogP contribution >= 0.6 is 15.9 Å². The Morgan fingerprint density at radius 2 is 1.82 bits per heavy atom. The van der Waals surface area contributed by atoms with Gasteiger partial charge in [0.25, 0.3) is 0 Å². The van der Waals surface area contributed by atoms with Gasteiger partial charge in [0.2, 0.25) is 15.0 Å². The lowest BCUT2D eigenvalue weighted by molar-refractivity contribution is 0.201. The monoisotopic (exact) mass is 380 g/mol. The van der Waals surface area contributed by atoms with Crippen molar-refractivity contribution in [3.05, 3.63) is 58.6 Å². The fraction of sp³-hybridized carbons (Fsp3) is 0.133. The molecule has 1 atom stereocenters. The van der Waals surface area contributed by atoms with E-state index in [0.717, 1.165) is 4.47 Å². The minimum Gasteiger partial charge on any atom is -0.387 e. The van der Waals surface area contributed by atoms with Crippen LogP contribution in [0.25, 0.3) is 11.0 Å². The Bertz CT molecular complexity index is 871. The molecule has 22 heavy (non-hydrogen) atoms. The minimum atomic E-state index is -3.71. The molecule has 114 valence electrons. The number of benzene rings is 2. The van der Waals surface area contributed by atoms with Crippen LogP contribution in [0.2, 0.25) is 0 Å². The Balaban J connectivity index is 1.87. The van der Waals surface area contributed by atoms with Gasteiger partial charge >= 0.3 is 0 Å². The molecule has 0 aliphatic heterocycles. The third-order valence-corrected chi connectivity index (χ3v) is 5.36. The summed E-state index contributed by atoms with van der Waals surface area (Å²) in [6.07, 6.45) is -1.11. The molecule has 5 nitrogen and oxygen atoms in total. The highest BCUT2D eigenvalue weighted by Gasteiger charge is 2.24. The molecule has 0 bridgehead atoms. The van der Waals surface area contributed by atoms with Gasteiger partial charge in [0.1, 0.15) is 0 Å². The van der Waals surface area contributed by atoms with E-state index in [2.05, 4.69) is 25.9 Å². The molecule has 0 spiro atoms. The average molecular weight is 381 g/mol. The predicted octanol–water partition coefficient (Wildman–Crippen LogP) is 2.83. The molecule has 0 saturated carbocycles. The lowest BCUT2D eigenvalue weighted by Crippen LogP contribution is -2.16. The van der Waals surface area contributed by atoms with Crippen molar-refractivity contribution < 1.29 is 13.5 Å². The quantitative estimate of drug-likeness (QED) is 0.728. The first kappa shape index (κ1) is 15.2. The zero-order chi connectivity index (χ0) is 15.7. The number of aromatic amines is 1. The zero-order valence-corrected chi connectivity index (χ0v) is 13.8. The summed E-state index contributed by atoms with van der Waals surface area (Å²) in [6.45, 7) is 0. The van der Waals surface area contributed by atoms with Gasteiger partial charge in [-0.3, -0.25) is 0 Å². The maximum atomic E-state index is 12.4. The topological polar surface area (TPSA) is 83.1 Å². The van der Waals surface area contributed by atoms with E-state index in [9.17, 15) is 13.5 Å². The molecule has 1 heterocycles. The summed E-state index contributed by atoms with van der Waals surface area (Å²) in [7, 11) is -3.71. The van der Waals surface area contributed by atoms with Gasteiger partial charge in [0.05, 0.1) is 22.9 Å². The van der Waals surface area contributed by atoms with Crippen molar-refractivity contribution in [2.75, 3.05) is 5.75 Å². The van der Waals surface area contributed by atoms with Crippen molar-refractivity contribution in [3.8, 4) is 0 Å². The van der Waals surface area contributed by atoms with E-state index in [-0.39, 0.29) is 5.16 Å². The van der Waals surface area contributed by atoms with Crippen molar-refractivity contribution in [1.29, 1.82) is 0 Å². The highest BCUT2D eigenvalue weighted by Crippen LogP contribution is 2.22. The number of para-hydroxylation sites is 2. The molecule has 3 rings (SSSR count). The van der Waals surface area contributed by atoms with Crippen LogP contribution in [0.1, 0.15) is 11.7 Å². The average Bonchev–Trinajstić information content (AvgIpc) is 2.92. The highest BCUT2D eigenvalue weighted by atomic mass is 79.9. The van der Waals surface area contributed by atoms with Crippen molar-refractivity contribution >= 4 is 36.8 Å². The van der Waals surface area contributed by atoms with Gasteiger partial charge in [-0.1, -0.05) is 40.2 Å². The molecule has 2 N–H and O–H groups in total. The van der Waals surface area contributed by atoms with Gasteiger partial charge in [0.15, 0.2) is 0 Å². The number of hydrogen-bond donors (Lipinski definition) is 2. The molecule has 1 unspecified atom stereocenters. The van der Waals surface area contributed by atoms with Crippen LogP contribution in [-0.2, 0) is 9.84 Å². The first-order valence-electron chi connectivity index (χ1n) is 6.57. The third kappa shape index (κ3) is 3.06. The standard InChI is InChI=1S/C15H13BrN2O3S/c16-11-7-5-10(6-8-11)14(19)9-22(20,21)15-17-12-3-1-2-4-13(12)18-15/h1-8,14,19H,9H2,(H,17,18). The maximum absolute atomic E-state index is 12.4. The van der Waals surface area contributed by atoms with Gasteiger partial charge in [-0.05, 0) is 29.8 Å². The largest absolute Gasteiger partial charge is 0.387 e. The lowest BCUT2D eigenvalue weighted by atomic mass is 10.1. The van der Waals surface area contributed by atoms with Gasteiger partial charge in [-0.2, -0.15) is 0 Å². The molecule has 0 radical (unpaired) electrons. The van der Waals surface area contributed by atoms with Crippen LogP contribution in [0.4, 0.5) is 0 Å². The Morgan fingerprint density at radius 3 is 2.50 bits per heavy atom. The van der Waals surface area contributed by atoms with Crippen LogP contribution in [-0.4, -0.2) is 29.2 Å². The number of fused-ring (bicyclic) bond motifs is 1. The SMILES string of the molecule is O=S(=O)(CC(O)c1ccc(Br)cc1)c1nc2ccccc2[nH]1. The summed E-state index contributed by atoms with van der Waals surface area (Å²) in [5.74, 6) is -0.422. The first-order valence-corrected chi connectivity index (χ1v) is 9.01. The Morgan fingerprint density at radius 1 is 1.14 bits per heavy atom. The van der Waals surface area contributed by atoms with E-state index in [0.29, 0.717) is 16.6 Å². The van der Waals surface area contributed by atoms with E-state index in [1.54, 1.807) is 48.5 Å². The van der Waals surface area contributed by atoms with Crippen LogP contribution in [0, 0.1) is 0 Å². The summed E-state index contributed by atoms with van der Waals surface area (Å²) < 4.78 is 25.6. The number of aliphatic hydroxyl groups excluding tert-OH is 1. The molecule has 1 aromatic heterocycles. The number of aromatic nitrogens is 2.